The van der Waals surface area contributed by atoms with E-state index in [4.69, 9.17) is 23.2 Å². The molecule has 2 aromatic heterocycles. The summed E-state index contributed by atoms with van der Waals surface area (Å²) in [5.41, 5.74) is 0.757. The second kappa shape index (κ2) is 3.61. The number of hydrogen-bond acceptors (Lipinski definition) is 2. The van der Waals surface area contributed by atoms with Gasteiger partial charge in [-0.15, -0.1) is 0 Å². The molecule has 72 valence electrons. The van der Waals surface area contributed by atoms with Gasteiger partial charge in [-0.05, 0) is 15.9 Å². The molecule has 0 saturated heterocycles. The molecule has 0 aliphatic heterocycles. The lowest BCUT2D eigenvalue weighted by Gasteiger charge is -2.01. The molecule has 0 N–H and O–H groups in total. The minimum absolute atomic E-state index is 0.0935. The highest BCUT2D eigenvalue weighted by atomic mass is 79.9. The van der Waals surface area contributed by atoms with Gasteiger partial charge in [-0.25, -0.2) is 9.37 Å². The van der Waals surface area contributed by atoms with Crippen LogP contribution < -0.4 is 0 Å². The zero-order chi connectivity index (χ0) is 10.3. The average Bonchev–Trinajstić information content (AvgIpc) is 2.15. The largest absolute Gasteiger partial charge is 0.253 e. The number of nitrogens with zero attached hydrogens (tertiary/aromatic N) is 2. The molecule has 2 rings (SSSR count). The maximum Gasteiger partial charge on any atom is 0.158 e. The topological polar surface area (TPSA) is 25.8 Å². The summed E-state index contributed by atoms with van der Waals surface area (Å²) in [6.07, 6.45) is 1.36. The molecule has 0 saturated carbocycles. The molecule has 0 aliphatic carbocycles. The number of pyridine rings is 2. The average molecular weight is 296 g/mol. The maximum atomic E-state index is 13.1. The van der Waals surface area contributed by atoms with E-state index in [9.17, 15) is 4.39 Å². The molecular weight excluding hydrogens is 294 g/mol. The van der Waals surface area contributed by atoms with Crippen LogP contribution in [0.5, 0.6) is 0 Å². The van der Waals surface area contributed by atoms with Gasteiger partial charge < -0.3 is 0 Å². The molecule has 0 atom stereocenters. The lowest BCUT2D eigenvalue weighted by molar-refractivity contribution is 0.615. The zero-order valence-corrected chi connectivity index (χ0v) is 9.66. The summed E-state index contributed by atoms with van der Waals surface area (Å²) in [6, 6.07) is 1.24. The van der Waals surface area contributed by atoms with Gasteiger partial charge in [0.1, 0.15) is 10.1 Å². The predicted molar refractivity (Wildman–Crippen MR) is 57.2 cm³/mol. The fraction of sp³-hybridized carbons (Fsp3) is 0. The fourth-order valence-corrected chi connectivity index (χ4v) is 1.63. The first-order valence-corrected chi connectivity index (χ1v) is 5.10. The Labute approximate surface area is 97.2 Å². The van der Waals surface area contributed by atoms with Gasteiger partial charge in [-0.3, -0.25) is 4.98 Å². The molecule has 2 heterocycles. The van der Waals surface area contributed by atoms with Crippen molar-refractivity contribution in [2.24, 2.45) is 0 Å². The van der Waals surface area contributed by atoms with Gasteiger partial charge >= 0.3 is 0 Å². The number of rotatable bonds is 0. The van der Waals surface area contributed by atoms with Crippen LogP contribution in [-0.2, 0) is 0 Å². The number of halogens is 4. The van der Waals surface area contributed by atoms with Crippen molar-refractivity contribution in [3.63, 3.8) is 0 Å². The number of hydrogen-bond donors (Lipinski definition) is 0. The van der Waals surface area contributed by atoms with Crippen LogP contribution in [0, 0.1) is 5.82 Å². The van der Waals surface area contributed by atoms with E-state index in [1.807, 2.05) is 0 Å². The first-order chi connectivity index (χ1) is 6.59. The molecular formula is C8H2BrCl2FN2. The molecule has 0 spiro atoms. The van der Waals surface area contributed by atoms with E-state index < -0.39 is 5.82 Å². The lowest BCUT2D eigenvalue weighted by Crippen LogP contribution is -1.89. The van der Waals surface area contributed by atoms with Crippen molar-refractivity contribution in [1.82, 2.24) is 9.97 Å². The lowest BCUT2D eigenvalue weighted by atomic mass is 10.3. The fourth-order valence-electron chi connectivity index (χ4n) is 1.01. The molecule has 0 radical (unpaired) electrons. The van der Waals surface area contributed by atoms with Crippen LogP contribution >= 0.6 is 39.1 Å². The van der Waals surface area contributed by atoms with Gasteiger partial charge in [-0.1, -0.05) is 23.2 Å². The molecule has 14 heavy (non-hydrogen) atoms. The van der Waals surface area contributed by atoms with E-state index in [0.717, 1.165) is 0 Å². The minimum atomic E-state index is -0.483. The second-order valence-corrected chi connectivity index (χ2v) is 4.09. The van der Waals surface area contributed by atoms with Gasteiger partial charge in [0.15, 0.2) is 5.82 Å². The van der Waals surface area contributed by atoms with Crippen molar-refractivity contribution in [1.29, 1.82) is 0 Å². The molecule has 0 amide bonds. The van der Waals surface area contributed by atoms with Crippen LogP contribution in [0.2, 0.25) is 10.0 Å². The molecule has 0 bridgehead atoms. The SMILES string of the molecule is Fc1cc2ncc(Cl)c(Cl)c2nc1Br. The van der Waals surface area contributed by atoms with E-state index in [1.54, 1.807) is 0 Å². The second-order valence-electron chi connectivity index (χ2n) is 2.55. The van der Waals surface area contributed by atoms with Gasteiger partial charge in [0, 0.05) is 12.3 Å². The summed E-state index contributed by atoms with van der Waals surface area (Å²) in [7, 11) is 0. The van der Waals surface area contributed by atoms with E-state index in [0.29, 0.717) is 16.1 Å². The summed E-state index contributed by atoms with van der Waals surface area (Å²) in [6.45, 7) is 0. The van der Waals surface area contributed by atoms with Gasteiger partial charge in [0.25, 0.3) is 0 Å². The Bertz CT molecular complexity index is 518. The van der Waals surface area contributed by atoms with Crippen molar-refractivity contribution in [2.45, 2.75) is 0 Å². The van der Waals surface area contributed by atoms with E-state index in [-0.39, 0.29) is 9.63 Å². The Balaban J connectivity index is 2.89. The highest BCUT2D eigenvalue weighted by Gasteiger charge is 2.10. The summed E-state index contributed by atoms with van der Waals surface area (Å²) in [5, 5.41) is 0.572. The Morgan fingerprint density at radius 3 is 2.79 bits per heavy atom. The van der Waals surface area contributed by atoms with E-state index >= 15 is 0 Å². The Hall–Kier alpha value is -0.450. The van der Waals surface area contributed by atoms with Gasteiger partial charge in [0.05, 0.1) is 15.6 Å². The van der Waals surface area contributed by atoms with Crippen molar-refractivity contribution < 1.29 is 4.39 Å². The predicted octanol–water partition coefficient (Wildman–Crippen LogP) is 3.84. The van der Waals surface area contributed by atoms with Gasteiger partial charge in [0.2, 0.25) is 0 Å². The highest BCUT2D eigenvalue weighted by Crippen LogP contribution is 2.29. The van der Waals surface area contributed by atoms with Crippen LogP contribution in [0.3, 0.4) is 0 Å². The summed E-state index contributed by atoms with van der Waals surface area (Å²) in [4.78, 5) is 7.80. The van der Waals surface area contributed by atoms with Crippen LogP contribution in [0.1, 0.15) is 0 Å². The molecule has 6 heteroatoms. The monoisotopic (exact) mass is 294 g/mol. The quantitative estimate of drug-likeness (QED) is 0.690. The maximum absolute atomic E-state index is 13.1. The van der Waals surface area contributed by atoms with Crippen molar-refractivity contribution in [3.05, 3.63) is 32.7 Å². The third kappa shape index (κ3) is 1.58. The normalized spacial score (nSPS) is 10.9. The molecule has 0 fully saturated rings. The van der Waals surface area contributed by atoms with Crippen LogP contribution in [0.15, 0.2) is 16.9 Å². The van der Waals surface area contributed by atoms with Crippen molar-refractivity contribution >= 4 is 50.2 Å². The highest BCUT2D eigenvalue weighted by molar-refractivity contribution is 9.10. The summed E-state index contributed by atoms with van der Waals surface area (Å²) < 4.78 is 13.1. The molecule has 0 aromatic carbocycles. The molecule has 2 aromatic rings. The smallest absolute Gasteiger partial charge is 0.158 e. The Morgan fingerprint density at radius 1 is 1.36 bits per heavy atom. The van der Waals surface area contributed by atoms with Crippen LogP contribution in [0.4, 0.5) is 4.39 Å². The van der Waals surface area contributed by atoms with Gasteiger partial charge in [-0.2, -0.15) is 0 Å². The van der Waals surface area contributed by atoms with Crippen LogP contribution in [-0.4, -0.2) is 9.97 Å². The van der Waals surface area contributed by atoms with Crippen molar-refractivity contribution in [2.75, 3.05) is 0 Å². The standard InChI is InChI=1S/C8H2BrCl2FN2/c9-8-4(12)1-5-7(14-8)6(11)3(10)2-13-5/h1-2H. The Kier molecular flexibility index (Phi) is 2.60. The first kappa shape index (κ1) is 10.1. The Morgan fingerprint density at radius 2 is 2.07 bits per heavy atom. The molecule has 2 nitrogen and oxygen atoms in total. The number of aromatic nitrogens is 2. The first-order valence-electron chi connectivity index (χ1n) is 3.55. The minimum Gasteiger partial charge on any atom is -0.253 e. The van der Waals surface area contributed by atoms with Crippen LogP contribution in [0.25, 0.3) is 11.0 Å². The van der Waals surface area contributed by atoms with Crippen molar-refractivity contribution in [3.8, 4) is 0 Å². The third-order valence-corrected chi connectivity index (χ3v) is 2.97. The summed E-state index contributed by atoms with van der Waals surface area (Å²) in [5.74, 6) is -0.483. The third-order valence-electron chi connectivity index (χ3n) is 1.65. The zero-order valence-electron chi connectivity index (χ0n) is 6.56. The van der Waals surface area contributed by atoms with E-state index in [2.05, 4.69) is 25.9 Å². The molecule has 0 unspecified atom stereocenters. The molecule has 0 aliphatic rings. The van der Waals surface area contributed by atoms with E-state index in [1.165, 1.54) is 12.3 Å². The summed E-state index contributed by atoms with van der Waals surface area (Å²) >= 11 is 14.6. The number of fused-ring (bicyclic) bond motifs is 1.